The van der Waals surface area contributed by atoms with Gasteiger partial charge in [0, 0.05) is 6.07 Å². The summed E-state index contributed by atoms with van der Waals surface area (Å²) in [6, 6.07) is 7.25. The third kappa shape index (κ3) is 1.86. The Balaban J connectivity index is 2.92. The minimum atomic E-state index is 0.648. The molecular formula is C8H10NO2+. The second-order valence-corrected chi connectivity index (χ2v) is 2.10. The van der Waals surface area contributed by atoms with Crippen LogP contribution < -0.4 is 5.48 Å². The standard InChI is InChI=1S/C8H9NO2/c1-11-9-8-5-3-2-4-7(8)6-10/h2-6,9H,1H3/p+1. The van der Waals surface area contributed by atoms with Crippen LogP contribution in [0.25, 0.3) is 0 Å². The van der Waals surface area contributed by atoms with Crippen molar-refractivity contribution in [2.75, 3.05) is 7.11 Å². The van der Waals surface area contributed by atoms with Crippen molar-refractivity contribution in [3.63, 3.8) is 0 Å². The second-order valence-electron chi connectivity index (χ2n) is 2.10. The summed E-state index contributed by atoms with van der Waals surface area (Å²) in [7, 11) is 1.56. The largest absolute Gasteiger partial charge is 0.298 e. The van der Waals surface area contributed by atoms with Gasteiger partial charge in [0.1, 0.15) is 0 Å². The molecule has 0 saturated carbocycles. The van der Waals surface area contributed by atoms with Crippen LogP contribution >= 0.6 is 0 Å². The first kappa shape index (κ1) is 7.91. The van der Waals surface area contributed by atoms with Crippen LogP contribution in [-0.2, 0) is 4.84 Å². The van der Waals surface area contributed by atoms with E-state index >= 15 is 0 Å². The van der Waals surface area contributed by atoms with Crippen LogP contribution in [0, 0.1) is 0 Å². The molecule has 0 bridgehead atoms. The van der Waals surface area contributed by atoms with Gasteiger partial charge >= 0.3 is 0 Å². The molecule has 1 aromatic rings. The summed E-state index contributed by atoms with van der Waals surface area (Å²) in [6.45, 7) is 0. The highest BCUT2D eigenvalue weighted by atomic mass is 16.6. The van der Waals surface area contributed by atoms with Crippen LogP contribution in [0.5, 0.6) is 0 Å². The number of hydrogen-bond acceptors (Lipinski definition) is 2. The van der Waals surface area contributed by atoms with E-state index in [0.29, 0.717) is 5.56 Å². The molecule has 0 fully saturated rings. The monoisotopic (exact) mass is 152 g/mol. The summed E-state index contributed by atoms with van der Waals surface area (Å²) < 4.78 is 0. The van der Waals surface area contributed by atoms with Crippen molar-refractivity contribution >= 4 is 12.0 Å². The number of carbonyl (C=O) groups is 1. The molecule has 3 nitrogen and oxygen atoms in total. The van der Waals surface area contributed by atoms with Crippen molar-refractivity contribution in [1.82, 2.24) is 0 Å². The molecule has 0 aliphatic heterocycles. The van der Waals surface area contributed by atoms with E-state index in [4.69, 9.17) is 4.84 Å². The van der Waals surface area contributed by atoms with Crippen molar-refractivity contribution in [2.45, 2.75) is 0 Å². The zero-order valence-corrected chi connectivity index (χ0v) is 6.28. The first-order valence-electron chi connectivity index (χ1n) is 3.28. The van der Waals surface area contributed by atoms with Crippen molar-refractivity contribution in [3.8, 4) is 0 Å². The zero-order chi connectivity index (χ0) is 8.10. The number of carbonyl (C=O) groups excluding carboxylic acids is 1. The Bertz CT molecular complexity index is 248. The highest BCUT2D eigenvalue weighted by Crippen LogP contribution is 2.04. The van der Waals surface area contributed by atoms with E-state index in [1.807, 2.05) is 18.2 Å². The average molecular weight is 152 g/mol. The summed E-state index contributed by atoms with van der Waals surface area (Å²) in [5.74, 6) is 0. The van der Waals surface area contributed by atoms with Gasteiger partial charge in [-0.2, -0.15) is 5.48 Å². The Hall–Kier alpha value is -1.19. The van der Waals surface area contributed by atoms with Gasteiger partial charge in [-0.3, -0.25) is 4.79 Å². The lowest BCUT2D eigenvalue weighted by atomic mass is 10.2. The van der Waals surface area contributed by atoms with Crippen molar-refractivity contribution in [2.24, 2.45) is 0 Å². The Morgan fingerprint density at radius 3 is 2.82 bits per heavy atom. The van der Waals surface area contributed by atoms with E-state index in [9.17, 15) is 4.79 Å². The van der Waals surface area contributed by atoms with Crippen LogP contribution in [0.15, 0.2) is 24.3 Å². The van der Waals surface area contributed by atoms with Gasteiger partial charge in [0.25, 0.3) is 0 Å². The van der Waals surface area contributed by atoms with Crippen LogP contribution in [-0.4, -0.2) is 13.4 Å². The molecule has 0 spiro atoms. The molecule has 0 saturated heterocycles. The average Bonchev–Trinajstić information content (AvgIpc) is 2.06. The van der Waals surface area contributed by atoms with E-state index < -0.39 is 0 Å². The number of rotatable bonds is 3. The van der Waals surface area contributed by atoms with E-state index in [2.05, 4.69) is 0 Å². The molecule has 58 valence electrons. The molecule has 2 N–H and O–H groups in total. The SMILES string of the molecule is CO[NH2+]c1ccccc1C=O. The molecule has 0 atom stereocenters. The summed E-state index contributed by atoms with van der Waals surface area (Å²) in [5, 5.41) is 0. The topological polar surface area (TPSA) is 42.9 Å². The molecule has 3 heteroatoms. The third-order valence-electron chi connectivity index (χ3n) is 1.37. The molecule has 0 amide bonds. The van der Waals surface area contributed by atoms with Crippen LogP contribution in [0.1, 0.15) is 10.4 Å². The van der Waals surface area contributed by atoms with E-state index in [1.54, 1.807) is 18.7 Å². The molecule has 1 aromatic carbocycles. The van der Waals surface area contributed by atoms with E-state index in [1.165, 1.54) is 0 Å². The maximum absolute atomic E-state index is 10.4. The quantitative estimate of drug-likeness (QED) is 0.383. The van der Waals surface area contributed by atoms with Gasteiger partial charge in [-0.1, -0.05) is 12.1 Å². The van der Waals surface area contributed by atoms with Gasteiger partial charge in [-0.05, 0) is 6.07 Å². The molecule has 11 heavy (non-hydrogen) atoms. The van der Waals surface area contributed by atoms with Crippen molar-refractivity contribution in [3.05, 3.63) is 29.8 Å². The molecule has 0 radical (unpaired) electrons. The lowest BCUT2D eigenvalue weighted by molar-refractivity contribution is -0.830. The summed E-state index contributed by atoms with van der Waals surface area (Å²) in [4.78, 5) is 15.2. The molecule has 1 rings (SSSR count). The maximum atomic E-state index is 10.4. The van der Waals surface area contributed by atoms with Crippen LogP contribution in [0.4, 0.5) is 5.69 Å². The minimum absolute atomic E-state index is 0.648. The van der Waals surface area contributed by atoms with Gasteiger partial charge < -0.3 is 0 Å². The predicted molar refractivity (Wildman–Crippen MR) is 40.4 cm³/mol. The van der Waals surface area contributed by atoms with Gasteiger partial charge in [-0.25, -0.2) is 4.84 Å². The van der Waals surface area contributed by atoms with E-state index in [-0.39, 0.29) is 0 Å². The summed E-state index contributed by atoms with van der Waals surface area (Å²) in [5.41, 5.74) is 3.00. The van der Waals surface area contributed by atoms with Crippen LogP contribution in [0.3, 0.4) is 0 Å². The predicted octanol–water partition coefficient (Wildman–Crippen LogP) is 0.255. The number of quaternary nitrogens is 1. The molecule has 0 aliphatic carbocycles. The fourth-order valence-corrected chi connectivity index (χ4v) is 0.853. The highest BCUT2D eigenvalue weighted by Gasteiger charge is 2.01. The van der Waals surface area contributed by atoms with Gasteiger partial charge in [-0.15, -0.1) is 0 Å². The van der Waals surface area contributed by atoms with Gasteiger partial charge in [0.2, 0.25) is 0 Å². The fraction of sp³-hybridized carbons (Fsp3) is 0.125. The fourth-order valence-electron chi connectivity index (χ4n) is 0.853. The Kier molecular flexibility index (Phi) is 2.77. The molecule has 0 aromatic heterocycles. The first-order valence-corrected chi connectivity index (χ1v) is 3.28. The summed E-state index contributed by atoms with van der Waals surface area (Å²) >= 11 is 0. The number of aldehydes is 1. The summed E-state index contributed by atoms with van der Waals surface area (Å²) in [6.07, 6.45) is 0.810. The minimum Gasteiger partial charge on any atom is -0.298 e. The number of benzene rings is 1. The lowest BCUT2D eigenvalue weighted by Crippen LogP contribution is -2.76. The molecule has 0 aliphatic rings. The number of hydrogen-bond donors (Lipinski definition) is 1. The third-order valence-corrected chi connectivity index (χ3v) is 1.37. The normalized spacial score (nSPS) is 9.55. The second kappa shape index (κ2) is 3.85. The molecule has 0 heterocycles. The lowest BCUT2D eigenvalue weighted by Gasteiger charge is -1.97. The number of nitrogens with two attached hydrogens (primary N) is 1. The van der Waals surface area contributed by atoms with Crippen LogP contribution in [0.2, 0.25) is 0 Å². The highest BCUT2D eigenvalue weighted by molar-refractivity contribution is 5.80. The van der Waals surface area contributed by atoms with Gasteiger partial charge in [0.05, 0.1) is 12.7 Å². The Labute approximate surface area is 64.9 Å². The smallest absolute Gasteiger partial charge is 0.172 e. The Morgan fingerprint density at radius 1 is 1.45 bits per heavy atom. The first-order chi connectivity index (χ1) is 5.38. The van der Waals surface area contributed by atoms with Gasteiger partial charge in [0.15, 0.2) is 12.0 Å². The molecule has 0 unspecified atom stereocenters. The Morgan fingerprint density at radius 2 is 2.18 bits per heavy atom. The molecular weight excluding hydrogens is 142 g/mol. The van der Waals surface area contributed by atoms with Crippen molar-refractivity contribution in [1.29, 1.82) is 0 Å². The van der Waals surface area contributed by atoms with E-state index in [0.717, 1.165) is 12.0 Å². The maximum Gasteiger partial charge on any atom is 0.172 e. The zero-order valence-electron chi connectivity index (χ0n) is 6.28. The van der Waals surface area contributed by atoms with Crippen molar-refractivity contribution < 1.29 is 15.1 Å².